The number of carbonyl (C=O) groups excluding carboxylic acids is 1. The van der Waals surface area contributed by atoms with E-state index in [4.69, 9.17) is 0 Å². The van der Waals surface area contributed by atoms with Crippen LogP contribution in [0, 0.1) is 0 Å². The van der Waals surface area contributed by atoms with Crippen molar-refractivity contribution in [2.45, 2.75) is 6.42 Å². The summed E-state index contributed by atoms with van der Waals surface area (Å²) in [6.07, 6.45) is 0.530. The molecule has 0 spiro atoms. The fourth-order valence-electron chi connectivity index (χ4n) is 1.20. The van der Waals surface area contributed by atoms with Crippen molar-refractivity contribution < 1.29 is 4.79 Å². The highest BCUT2D eigenvalue weighted by atomic mass is 16.2. The molecule has 1 aromatic carbocycles. The average molecular weight is 192 g/mol. The molecule has 14 heavy (non-hydrogen) atoms. The zero-order chi connectivity index (χ0) is 10.4. The molecule has 0 aliphatic carbocycles. The third-order valence-electron chi connectivity index (χ3n) is 2.11. The van der Waals surface area contributed by atoms with Gasteiger partial charge in [-0.05, 0) is 19.2 Å². The minimum atomic E-state index is 0.130. The predicted molar refractivity (Wildman–Crippen MR) is 58.4 cm³/mol. The number of carbonyl (C=O) groups is 1. The summed E-state index contributed by atoms with van der Waals surface area (Å²) < 4.78 is 0. The van der Waals surface area contributed by atoms with Crippen LogP contribution in [0.2, 0.25) is 0 Å². The minimum Gasteiger partial charge on any atom is -0.319 e. The van der Waals surface area contributed by atoms with Crippen LogP contribution in [0.1, 0.15) is 6.42 Å². The molecule has 1 rings (SSSR count). The number of nitrogens with zero attached hydrogens (tertiary/aromatic N) is 1. The topological polar surface area (TPSA) is 32.3 Å². The van der Waals surface area contributed by atoms with E-state index in [0.29, 0.717) is 6.42 Å². The number of hydrogen-bond acceptors (Lipinski definition) is 2. The normalized spacial score (nSPS) is 9.86. The first-order valence-electron chi connectivity index (χ1n) is 4.72. The zero-order valence-electron chi connectivity index (χ0n) is 8.66. The SMILES string of the molecule is CNCCC(=O)N(C)c1ccccc1. The van der Waals surface area contributed by atoms with Crippen molar-refractivity contribution in [2.75, 3.05) is 25.5 Å². The summed E-state index contributed by atoms with van der Waals surface area (Å²) in [5.41, 5.74) is 0.939. The Morgan fingerprint density at radius 1 is 1.36 bits per heavy atom. The molecule has 0 saturated heterocycles. The van der Waals surface area contributed by atoms with Crippen LogP contribution in [0.25, 0.3) is 0 Å². The van der Waals surface area contributed by atoms with Gasteiger partial charge in [-0.15, -0.1) is 0 Å². The van der Waals surface area contributed by atoms with E-state index < -0.39 is 0 Å². The van der Waals surface area contributed by atoms with E-state index in [9.17, 15) is 4.79 Å². The smallest absolute Gasteiger partial charge is 0.227 e. The Morgan fingerprint density at radius 2 is 2.00 bits per heavy atom. The molecule has 1 N–H and O–H groups in total. The van der Waals surface area contributed by atoms with Crippen molar-refractivity contribution in [3.05, 3.63) is 30.3 Å². The number of nitrogens with one attached hydrogen (secondary N) is 1. The van der Waals surface area contributed by atoms with Gasteiger partial charge in [0, 0.05) is 25.7 Å². The molecule has 3 heteroatoms. The highest BCUT2D eigenvalue weighted by molar-refractivity contribution is 5.92. The van der Waals surface area contributed by atoms with Gasteiger partial charge in [-0.2, -0.15) is 0 Å². The molecule has 0 aromatic heterocycles. The van der Waals surface area contributed by atoms with E-state index in [1.807, 2.05) is 37.4 Å². The monoisotopic (exact) mass is 192 g/mol. The molecule has 76 valence electrons. The Balaban J connectivity index is 2.57. The highest BCUT2D eigenvalue weighted by Crippen LogP contribution is 2.11. The highest BCUT2D eigenvalue weighted by Gasteiger charge is 2.08. The Hall–Kier alpha value is -1.35. The molecular weight excluding hydrogens is 176 g/mol. The van der Waals surface area contributed by atoms with Crippen LogP contribution in [0.15, 0.2) is 30.3 Å². The maximum Gasteiger partial charge on any atom is 0.227 e. The van der Waals surface area contributed by atoms with Crippen molar-refractivity contribution in [3.63, 3.8) is 0 Å². The molecule has 0 radical (unpaired) electrons. The van der Waals surface area contributed by atoms with Gasteiger partial charge in [-0.25, -0.2) is 0 Å². The van der Waals surface area contributed by atoms with Gasteiger partial charge in [0.05, 0.1) is 0 Å². The third-order valence-corrected chi connectivity index (χ3v) is 2.11. The predicted octanol–water partition coefficient (Wildman–Crippen LogP) is 1.26. The molecule has 0 saturated carbocycles. The summed E-state index contributed by atoms with van der Waals surface area (Å²) in [4.78, 5) is 13.3. The Kier molecular flexibility index (Phi) is 4.13. The van der Waals surface area contributed by atoms with E-state index in [-0.39, 0.29) is 5.91 Å². The van der Waals surface area contributed by atoms with Gasteiger partial charge in [0.15, 0.2) is 0 Å². The van der Waals surface area contributed by atoms with Crippen molar-refractivity contribution in [1.82, 2.24) is 5.32 Å². The second kappa shape index (κ2) is 5.40. The Labute approximate surface area is 84.7 Å². The lowest BCUT2D eigenvalue weighted by Gasteiger charge is -2.16. The van der Waals surface area contributed by atoms with E-state index in [0.717, 1.165) is 12.2 Å². The molecule has 0 bridgehead atoms. The Morgan fingerprint density at radius 3 is 2.57 bits per heavy atom. The average Bonchev–Trinajstić information content (AvgIpc) is 2.26. The molecule has 0 atom stereocenters. The first-order chi connectivity index (χ1) is 6.75. The lowest BCUT2D eigenvalue weighted by atomic mass is 10.3. The van der Waals surface area contributed by atoms with Gasteiger partial charge >= 0.3 is 0 Å². The number of hydrogen-bond donors (Lipinski definition) is 1. The van der Waals surface area contributed by atoms with Gasteiger partial charge in [0.25, 0.3) is 0 Å². The number of amides is 1. The quantitative estimate of drug-likeness (QED) is 0.779. The second-order valence-electron chi connectivity index (χ2n) is 3.14. The summed E-state index contributed by atoms with van der Waals surface area (Å²) in [7, 11) is 3.64. The molecule has 1 aromatic rings. The minimum absolute atomic E-state index is 0.130. The maximum absolute atomic E-state index is 11.6. The first kappa shape index (κ1) is 10.7. The van der Waals surface area contributed by atoms with E-state index >= 15 is 0 Å². The second-order valence-corrected chi connectivity index (χ2v) is 3.14. The third kappa shape index (κ3) is 2.85. The molecule has 0 unspecified atom stereocenters. The van der Waals surface area contributed by atoms with Crippen LogP contribution in [-0.2, 0) is 4.79 Å². The number of anilines is 1. The number of benzene rings is 1. The van der Waals surface area contributed by atoms with Crippen LogP contribution >= 0.6 is 0 Å². The number of para-hydroxylation sites is 1. The van der Waals surface area contributed by atoms with Gasteiger partial charge in [-0.1, -0.05) is 18.2 Å². The van der Waals surface area contributed by atoms with Crippen LogP contribution in [0.5, 0.6) is 0 Å². The van der Waals surface area contributed by atoms with Crippen molar-refractivity contribution in [1.29, 1.82) is 0 Å². The summed E-state index contributed by atoms with van der Waals surface area (Å²) >= 11 is 0. The molecule has 0 aliphatic rings. The van der Waals surface area contributed by atoms with E-state index in [1.54, 1.807) is 11.9 Å². The van der Waals surface area contributed by atoms with Crippen LogP contribution < -0.4 is 10.2 Å². The van der Waals surface area contributed by atoms with Crippen molar-refractivity contribution >= 4 is 11.6 Å². The summed E-state index contributed by atoms with van der Waals surface area (Å²) in [5, 5.41) is 2.96. The summed E-state index contributed by atoms with van der Waals surface area (Å²) in [6, 6.07) is 9.65. The fourth-order valence-corrected chi connectivity index (χ4v) is 1.20. The largest absolute Gasteiger partial charge is 0.319 e. The zero-order valence-corrected chi connectivity index (χ0v) is 8.66. The van der Waals surface area contributed by atoms with Gasteiger partial charge in [0.2, 0.25) is 5.91 Å². The number of rotatable bonds is 4. The van der Waals surface area contributed by atoms with Crippen LogP contribution in [0.3, 0.4) is 0 Å². The van der Waals surface area contributed by atoms with Gasteiger partial charge < -0.3 is 10.2 Å². The Bertz CT molecular complexity index is 285. The molecule has 0 heterocycles. The molecule has 1 amide bonds. The summed E-state index contributed by atoms with van der Waals surface area (Å²) in [5.74, 6) is 0.130. The van der Waals surface area contributed by atoms with Gasteiger partial charge in [-0.3, -0.25) is 4.79 Å². The van der Waals surface area contributed by atoms with Crippen molar-refractivity contribution in [3.8, 4) is 0 Å². The van der Waals surface area contributed by atoms with Crippen LogP contribution in [-0.4, -0.2) is 26.5 Å². The maximum atomic E-state index is 11.6. The molecule has 3 nitrogen and oxygen atoms in total. The lowest BCUT2D eigenvalue weighted by Crippen LogP contribution is -2.28. The molecule has 0 aliphatic heterocycles. The van der Waals surface area contributed by atoms with Crippen LogP contribution in [0.4, 0.5) is 5.69 Å². The fraction of sp³-hybridized carbons (Fsp3) is 0.364. The first-order valence-corrected chi connectivity index (χ1v) is 4.72. The van der Waals surface area contributed by atoms with E-state index in [2.05, 4.69) is 5.32 Å². The molecular formula is C11H16N2O. The van der Waals surface area contributed by atoms with Gasteiger partial charge in [0.1, 0.15) is 0 Å². The standard InChI is InChI=1S/C11H16N2O/c1-12-9-8-11(14)13(2)10-6-4-3-5-7-10/h3-7,12H,8-9H2,1-2H3. The lowest BCUT2D eigenvalue weighted by molar-refractivity contribution is -0.118. The molecule has 0 fully saturated rings. The summed E-state index contributed by atoms with van der Waals surface area (Å²) in [6.45, 7) is 0.718. The van der Waals surface area contributed by atoms with E-state index in [1.165, 1.54) is 0 Å². The van der Waals surface area contributed by atoms with Crippen molar-refractivity contribution in [2.24, 2.45) is 0 Å².